The zero-order valence-electron chi connectivity index (χ0n) is 11.9. The maximum atomic E-state index is 12.9. The van der Waals surface area contributed by atoms with E-state index in [0.717, 1.165) is 0 Å². The minimum absolute atomic E-state index is 0.116. The van der Waals surface area contributed by atoms with Crippen molar-refractivity contribution in [1.29, 1.82) is 0 Å². The predicted octanol–water partition coefficient (Wildman–Crippen LogP) is 5.29. The van der Waals surface area contributed by atoms with Gasteiger partial charge in [0, 0.05) is 8.80 Å². The molecule has 0 spiro atoms. The van der Waals surface area contributed by atoms with E-state index in [9.17, 15) is 4.39 Å². The summed E-state index contributed by atoms with van der Waals surface area (Å²) in [5.41, 5.74) is 1.35. The topological polar surface area (TPSA) is 0 Å². The van der Waals surface area contributed by atoms with Gasteiger partial charge in [-0.1, -0.05) is 49.3 Å². The SMILES string of the molecule is CCC=CCC[SiH]1CCC(c2ccc(F)cc2)CC1. The fourth-order valence-corrected chi connectivity index (χ4v) is 6.41. The van der Waals surface area contributed by atoms with Gasteiger partial charge in [0.1, 0.15) is 5.82 Å². The van der Waals surface area contributed by atoms with Crippen LogP contribution in [0.2, 0.25) is 18.1 Å². The first-order valence-electron chi connectivity index (χ1n) is 7.70. The number of rotatable bonds is 5. The first kappa shape index (κ1) is 14.5. The lowest BCUT2D eigenvalue weighted by molar-refractivity contribution is 0.598. The number of allylic oxidation sites excluding steroid dienone is 2. The second kappa shape index (κ2) is 7.64. The third-order valence-electron chi connectivity index (χ3n) is 4.33. The number of hydrogen-bond acceptors (Lipinski definition) is 0. The van der Waals surface area contributed by atoms with Crippen LogP contribution in [0.25, 0.3) is 0 Å². The Balaban J connectivity index is 1.76. The molecule has 0 amide bonds. The Morgan fingerprint density at radius 2 is 1.84 bits per heavy atom. The molecular weight excluding hydrogens is 251 g/mol. The van der Waals surface area contributed by atoms with Gasteiger partial charge >= 0.3 is 0 Å². The van der Waals surface area contributed by atoms with Crippen molar-refractivity contribution < 1.29 is 4.39 Å². The average molecular weight is 276 g/mol. The van der Waals surface area contributed by atoms with E-state index in [1.807, 2.05) is 12.1 Å². The van der Waals surface area contributed by atoms with Gasteiger partial charge in [0.25, 0.3) is 0 Å². The van der Waals surface area contributed by atoms with Crippen LogP contribution in [0.15, 0.2) is 36.4 Å². The van der Waals surface area contributed by atoms with E-state index < -0.39 is 8.80 Å². The van der Waals surface area contributed by atoms with Crippen molar-refractivity contribution in [2.45, 2.75) is 56.7 Å². The normalized spacial score (nSPS) is 23.9. The third-order valence-corrected chi connectivity index (χ3v) is 7.78. The summed E-state index contributed by atoms with van der Waals surface area (Å²) >= 11 is 0. The zero-order valence-corrected chi connectivity index (χ0v) is 13.1. The van der Waals surface area contributed by atoms with Crippen molar-refractivity contribution in [3.63, 3.8) is 0 Å². The Kier molecular flexibility index (Phi) is 5.83. The molecule has 1 aromatic carbocycles. The zero-order chi connectivity index (χ0) is 13.5. The van der Waals surface area contributed by atoms with Gasteiger partial charge in [-0.05, 0) is 49.3 Å². The number of hydrogen-bond donors (Lipinski definition) is 0. The summed E-state index contributed by atoms with van der Waals surface area (Å²) in [5.74, 6) is 0.574. The van der Waals surface area contributed by atoms with Crippen molar-refractivity contribution in [1.82, 2.24) is 0 Å². The molecule has 1 aliphatic heterocycles. The number of halogens is 1. The van der Waals surface area contributed by atoms with Crippen LogP contribution in [-0.4, -0.2) is 8.80 Å². The fourth-order valence-electron chi connectivity index (χ4n) is 3.14. The largest absolute Gasteiger partial charge is 0.207 e. The second-order valence-electron chi connectivity index (χ2n) is 5.73. The van der Waals surface area contributed by atoms with Crippen molar-refractivity contribution in [2.75, 3.05) is 0 Å². The van der Waals surface area contributed by atoms with Gasteiger partial charge in [0.15, 0.2) is 0 Å². The Bertz CT molecular complexity index is 388. The molecule has 104 valence electrons. The molecule has 1 aromatic rings. The Morgan fingerprint density at radius 3 is 2.47 bits per heavy atom. The second-order valence-corrected chi connectivity index (χ2v) is 9.19. The maximum absolute atomic E-state index is 12.9. The molecule has 0 nitrogen and oxygen atoms in total. The van der Waals surface area contributed by atoms with Gasteiger partial charge in [0.2, 0.25) is 0 Å². The summed E-state index contributed by atoms with van der Waals surface area (Å²) < 4.78 is 12.9. The molecule has 1 heterocycles. The van der Waals surface area contributed by atoms with E-state index in [1.54, 1.807) is 12.1 Å². The molecule has 1 fully saturated rings. The van der Waals surface area contributed by atoms with Crippen molar-refractivity contribution in [3.05, 3.63) is 47.8 Å². The molecule has 0 N–H and O–H groups in total. The highest BCUT2D eigenvalue weighted by atomic mass is 28.3. The molecular formula is C17H25FSi. The Morgan fingerprint density at radius 1 is 1.16 bits per heavy atom. The fraction of sp³-hybridized carbons (Fsp3) is 0.529. The average Bonchev–Trinajstić information content (AvgIpc) is 2.45. The summed E-state index contributed by atoms with van der Waals surface area (Å²) in [4.78, 5) is 0. The summed E-state index contributed by atoms with van der Waals surface area (Å²) in [6.07, 6.45) is 9.78. The molecule has 0 aliphatic carbocycles. The molecule has 2 rings (SSSR count). The highest BCUT2D eigenvalue weighted by Crippen LogP contribution is 2.34. The van der Waals surface area contributed by atoms with Crippen molar-refractivity contribution in [3.8, 4) is 0 Å². The van der Waals surface area contributed by atoms with Gasteiger partial charge < -0.3 is 0 Å². The lowest BCUT2D eigenvalue weighted by atomic mass is 9.93. The molecule has 0 bridgehead atoms. The monoisotopic (exact) mass is 276 g/mol. The van der Waals surface area contributed by atoms with E-state index in [-0.39, 0.29) is 5.82 Å². The quantitative estimate of drug-likeness (QED) is 0.506. The molecule has 2 heteroatoms. The van der Waals surface area contributed by atoms with Crippen LogP contribution in [0.1, 0.15) is 44.1 Å². The van der Waals surface area contributed by atoms with E-state index in [4.69, 9.17) is 0 Å². The molecule has 0 saturated carbocycles. The molecule has 0 unspecified atom stereocenters. The lowest BCUT2D eigenvalue weighted by Gasteiger charge is -2.27. The minimum Gasteiger partial charge on any atom is -0.207 e. The summed E-state index contributed by atoms with van der Waals surface area (Å²) in [7, 11) is -0.466. The van der Waals surface area contributed by atoms with Crippen LogP contribution in [0.3, 0.4) is 0 Å². The first-order chi connectivity index (χ1) is 9.29. The van der Waals surface area contributed by atoms with Crippen LogP contribution in [0.4, 0.5) is 4.39 Å². The van der Waals surface area contributed by atoms with E-state index in [2.05, 4.69) is 19.1 Å². The summed E-state index contributed by atoms with van der Waals surface area (Å²) in [6.45, 7) is 2.20. The standard InChI is InChI=1S/C17H25FSi/c1-2-3-4-5-12-19-13-10-16(11-14-19)15-6-8-17(18)9-7-15/h3-4,6-9,16,19H,2,5,10-14H2,1H3. The van der Waals surface area contributed by atoms with Crippen LogP contribution in [-0.2, 0) is 0 Å². The van der Waals surface area contributed by atoms with E-state index >= 15 is 0 Å². The van der Waals surface area contributed by atoms with E-state index in [1.165, 1.54) is 49.4 Å². The first-order valence-corrected chi connectivity index (χ1v) is 10.1. The van der Waals surface area contributed by atoms with Gasteiger partial charge in [-0.25, -0.2) is 4.39 Å². The molecule has 19 heavy (non-hydrogen) atoms. The molecule has 0 aromatic heterocycles. The smallest absolute Gasteiger partial charge is 0.123 e. The molecule has 1 aliphatic rings. The molecule has 0 atom stereocenters. The Hall–Kier alpha value is -0.893. The Labute approximate surface area is 118 Å². The third kappa shape index (κ3) is 4.61. The van der Waals surface area contributed by atoms with Gasteiger partial charge in [-0.2, -0.15) is 0 Å². The highest BCUT2D eigenvalue weighted by Gasteiger charge is 2.22. The van der Waals surface area contributed by atoms with Crippen LogP contribution >= 0.6 is 0 Å². The summed E-state index contributed by atoms with van der Waals surface area (Å²) in [6, 6.07) is 11.6. The van der Waals surface area contributed by atoms with Gasteiger partial charge in [0.05, 0.1) is 0 Å². The van der Waals surface area contributed by atoms with E-state index in [0.29, 0.717) is 5.92 Å². The minimum atomic E-state index is -0.466. The molecule has 1 saturated heterocycles. The van der Waals surface area contributed by atoms with Crippen LogP contribution in [0.5, 0.6) is 0 Å². The number of benzene rings is 1. The lowest BCUT2D eigenvalue weighted by Crippen LogP contribution is -2.20. The van der Waals surface area contributed by atoms with Crippen LogP contribution in [0, 0.1) is 5.82 Å². The van der Waals surface area contributed by atoms with Crippen molar-refractivity contribution >= 4 is 8.80 Å². The molecule has 0 radical (unpaired) electrons. The predicted molar refractivity (Wildman–Crippen MR) is 84.0 cm³/mol. The van der Waals surface area contributed by atoms with Gasteiger partial charge in [-0.3, -0.25) is 0 Å². The van der Waals surface area contributed by atoms with Crippen molar-refractivity contribution in [2.24, 2.45) is 0 Å². The van der Waals surface area contributed by atoms with Gasteiger partial charge in [-0.15, -0.1) is 0 Å². The maximum Gasteiger partial charge on any atom is 0.123 e. The summed E-state index contributed by atoms with van der Waals surface area (Å²) in [5, 5.41) is 0. The highest BCUT2D eigenvalue weighted by molar-refractivity contribution is 6.59. The van der Waals surface area contributed by atoms with Crippen LogP contribution < -0.4 is 0 Å².